The van der Waals surface area contributed by atoms with Gasteiger partial charge in [0.25, 0.3) is 5.91 Å². The third-order valence-corrected chi connectivity index (χ3v) is 3.00. The van der Waals surface area contributed by atoms with Crippen LogP contribution in [0.3, 0.4) is 0 Å². The quantitative estimate of drug-likeness (QED) is 0.792. The summed E-state index contributed by atoms with van der Waals surface area (Å²) in [6.07, 6.45) is 0. The zero-order chi connectivity index (χ0) is 12.3. The van der Waals surface area contributed by atoms with Crippen LogP contribution in [0.1, 0.15) is 22.8 Å². The fourth-order valence-electron chi connectivity index (χ4n) is 1.29. The average molecular weight is 237 g/mol. The van der Waals surface area contributed by atoms with E-state index in [9.17, 15) is 4.79 Å². The van der Waals surface area contributed by atoms with Crippen LogP contribution in [0, 0.1) is 18.3 Å². The Balaban J connectivity index is 3.07. The number of benzene rings is 1. The SMILES string of the molecule is Cc1c(Cl)cccc1C(=O)N(C)C(C)C#N. The van der Waals surface area contributed by atoms with E-state index in [0.29, 0.717) is 10.6 Å². The molecule has 1 amide bonds. The molecule has 0 aliphatic heterocycles. The molecule has 0 bridgehead atoms. The summed E-state index contributed by atoms with van der Waals surface area (Å²) >= 11 is 5.94. The topological polar surface area (TPSA) is 44.1 Å². The highest BCUT2D eigenvalue weighted by Gasteiger charge is 2.19. The number of rotatable bonds is 2. The third-order valence-electron chi connectivity index (χ3n) is 2.59. The molecule has 4 heteroatoms. The molecule has 0 N–H and O–H groups in total. The van der Waals surface area contributed by atoms with Crippen LogP contribution in [-0.4, -0.2) is 23.9 Å². The van der Waals surface area contributed by atoms with Crippen molar-refractivity contribution in [2.24, 2.45) is 0 Å². The van der Waals surface area contributed by atoms with E-state index >= 15 is 0 Å². The number of amides is 1. The maximum absolute atomic E-state index is 12.0. The van der Waals surface area contributed by atoms with Crippen molar-refractivity contribution in [1.29, 1.82) is 5.26 Å². The largest absolute Gasteiger partial charge is 0.326 e. The number of carbonyl (C=O) groups is 1. The Morgan fingerprint density at radius 1 is 1.56 bits per heavy atom. The first-order valence-electron chi connectivity index (χ1n) is 4.91. The Kier molecular flexibility index (Phi) is 3.92. The Hall–Kier alpha value is -1.53. The van der Waals surface area contributed by atoms with Gasteiger partial charge in [-0.15, -0.1) is 0 Å². The van der Waals surface area contributed by atoms with Gasteiger partial charge in [0.1, 0.15) is 6.04 Å². The molecule has 3 nitrogen and oxygen atoms in total. The lowest BCUT2D eigenvalue weighted by Gasteiger charge is -2.20. The average Bonchev–Trinajstić information content (AvgIpc) is 2.29. The van der Waals surface area contributed by atoms with Crippen molar-refractivity contribution in [3.05, 3.63) is 34.3 Å². The standard InChI is InChI=1S/C12H13ClN2O/c1-8(7-14)15(3)12(16)10-5-4-6-11(13)9(10)2/h4-6,8H,1-3H3. The fourth-order valence-corrected chi connectivity index (χ4v) is 1.47. The molecule has 0 radical (unpaired) electrons. The Morgan fingerprint density at radius 3 is 2.75 bits per heavy atom. The van der Waals surface area contributed by atoms with Crippen molar-refractivity contribution >= 4 is 17.5 Å². The maximum atomic E-state index is 12.0. The number of carbonyl (C=O) groups excluding carboxylic acids is 1. The van der Waals surface area contributed by atoms with Crippen molar-refractivity contribution < 1.29 is 4.79 Å². The number of hydrogen-bond acceptors (Lipinski definition) is 2. The van der Waals surface area contributed by atoms with Crippen LogP contribution in [0.4, 0.5) is 0 Å². The summed E-state index contributed by atoms with van der Waals surface area (Å²) in [5.41, 5.74) is 1.28. The number of nitrogens with zero attached hydrogens (tertiary/aromatic N) is 2. The third kappa shape index (κ3) is 2.34. The summed E-state index contributed by atoms with van der Waals surface area (Å²) in [6.45, 7) is 3.47. The van der Waals surface area contributed by atoms with E-state index in [4.69, 9.17) is 16.9 Å². The molecule has 0 heterocycles. The summed E-state index contributed by atoms with van der Waals surface area (Å²) in [4.78, 5) is 13.4. The molecule has 1 unspecified atom stereocenters. The first kappa shape index (κ1) is 12.5. The van der Waals surface area contributed by atoms with E-state index in [0.717, 1.165) is 5.56 Å². The van der Waals surface area contributed by atoms with Gasteiger partial charge in [-0.05, 0) is 31.5 Å². The molecule has 0 aliphatic carbocycles. The van der Waals surface area contributed by atoms with Crippen molar-refractivity contribution in [3.8, 4) is 6.07 Å². The van der Waals surface area contributed by atoms with Crippen LogP contribution in [0.15, 0.2) is 18.2 Å². The Labute approximate surface area is 100 Å². The second-order valence-corrected chi connectivity index (χ2v) is 4.04. The van der Waals surface area contributed by atoms with Crippen molar-refractivity contribution in [3.63, 3.8) is 0 Å². The summed E-state index contributed by atoms with van der Waals surface area (Å²) in [5, 5.41) is 9.31. The van der Waals surface area contributed by atoms with Gasteiger partial charge in [-0.2, -0.15) is 5.26 Å². The van der Waals surface area contributed by atoms with Gasteiger partial charge >= 0.3 is 0 Å². The molecule has 0 saturated carbocycles. The van der Waals surface area contributed by atoms with E-state index in [1.807, 2.05) is 6.07 Å². The first-order valence-corrected chi connectivity index (χ1v) is 5.28. The van der Waals surface area contributed by atoms with Gasteiger partial charge in [-0.1, -0.05) is 17.7 Å². The molecule has 1 aromatic rings. The van der Waals surface area contributed by atoms with E-state index in [-0.39, 0.29) is 5.91 Å². The second-order valence-electron chi connectivity index (χ2n) is 3.63. The predicted molar refractivity (Wildman–Crippen MR) is 63.4 cm³/mol. The minimum atomic E-state index is -0.453. The minimum Gasteiger partial charge on any atom is -0.326 e. The second kappa shape index (κ2) is 5.00. The molecule has 16 heavy (non-hydrogen) atoms. The summed E-state index contributed by atoms with van der Waals surface area (Å²) in [5.74, 6) is -0.186. The highest BCUT2D eigenvalue weighted by molar-refractivity contribution is 6.31. The summed E-state index contributed by atoms with van der Waals surface area (Å²) < 4.78 is 0. The van der Waals surface area contributed by atoms with E-state index in [1.54, 1.807) is 39.1 Å². The van der Waals surface area contributed by atoms with Crippen molar-refractivity contribution in [2.75, 3.05) is 7.05 Å². The molecule has 0 spiro atoms. The lowest BCUT2D eigenvalue weighted by atomic mass is 10.1. The van der Waals surface area contributed by atoms with E-state index in [2.05, 4.69) is 0 Å². The molecule has 0 aromatic heterocycles. The molecule has 1 rings (SSSR count). The van der Waals surface area contributed by atoms with Crippen LogP contribution >= 0.6 is 11.6 Å². The Morgan fingerprint density at radius 2 is 2.19 bits per heavy atom. The molecule has 1 atom stereocenters. The number of halogens is 1. The Bertz CT molecular complexity index is 451. The minimum absolute atomic E-state index is 0.186. The van der Waals surface area contributed by atoms with Crippen LogP contribution in [0.2, 0.25) is 5.02 Å². The van der Waals surface area contributed by atoms with Crippen molar-refractivity contribution in [2.45, 2.75) is 19.9 Å². The van der Waals surface area contributed by atoms with E-state index < -0.39 is 6.04 Å². The fraction of sp³-hybridized carbons (Fsp3) is 0.333. The highest BCUT2D eigenvalue weighted by Crippen LogP contribution is 2.20. The summed E-state index contributed by atoms with van der Waals surface area (Å²) in [6, 6.07) is 6.75. The van der Waals surface area contributed by atoms with Gasteiger partial charge in [0.15, 0.2) is 0 Å². The predicted octanol–water partition coefficient (Wildman–Crippen LogP) is 2.63. The number of hydrogen-bond donors (Lipinski definition) is 0. The first-order chi connectivity index (χ1) is 7.49. The zero-order valence-electron chi connectivity index (χ0n) is 9.49. The normalized spacial score (nSPS) is 11.7. The van der Waals surface area contributed by atoms with Gasteiger partial charge in [-0.25, -0.2) is 0 Å². The molecule has 0 aliphatic rings. The smallest absolute Gasteiger partial charge is 0.254 e. The zero-order valence-corrected chi connectivity index (χ0v) is 10.2. The molecule has 84 valence electrons. The van der Waals surface area contributed by atoms with Crippen LogP contribution in [0.25, 0.3) is 0 Å². The number of nitriles is 1. The van der Waals surface area contributed by atoms with Crippen molar-refractivity contribution in [1.82, 2.24) is 4.90 Å². The van der Waals surface area contributed by atoms with E-state index in [1.165, 1.54) is 4.90 Å². The van der Waals surface area contributed by atoms with Gasteiger partial charge < -0.3 is 4.90 Å². The highest BCUT2D eigenvalue weighted by atomic mass is 35.5. The van der Waals surface area contributed by atoms with Crippen LogP contribution in [0.5, 0.6) is 0 Å². The lowest BCUT2D eigenvalue weighted by molar-refractivity contribution is 0.0772. The van der Waals surface area contributed by atoms with Crippen LogP contribution < -0.4 is 0 Å². The molecular weight excluding hydrogens is 224 g/mol. The lowest BCUT2D eigenvalue weighted by Crippen LogP contribution is -2.34. The van der Waals surface area contributed by atoms with Gasteiger partial charge in [0.05, 0.1) is 6.07 Å². The maximum Gasteiger partial charge on any atom is 0.254 e. The van der Waals surface area contributed by atoms with Gasteiger partial charge in [-0.3, -0.25) is 4.79 Å². The van der Waals surface area contributed by atoms with Crippen LogP contribution in [-0.2, 0) is 0 Å². The molecule has 0 saturated heterocycles. The van der Waals surface area contributed by atoms with Gasteiger partial charge in [0.2, 0.25) is 0 Å². The molecule has 1 aromatic carbocycles. The molecular formula is C12H13ClN2O. The molecule has 0 fully saturated rings. The van der Waals surface area contributed by atoms with Gasteiger partial charge in [0, 0.05) is 17.6 Å². The monoisotopic (exact) mass is 236 g/mol. The summed E-state index contributed by atoms with van der Waals surface area (Å²) in [7, 11) is 1.61.